The van der Waals surface area contributed by atoms with E-state index in [-0.39, 0.29) is 0 Å². The lowest BCUT2D eigenvalue weighted by Gasteiger charge is -2.08. The van der Waals surface area contributed by atoms with Crippen LogP contribution in [0, 0.1) is 0 Å². The molecule has 0 spiro atoms. The molecule has 0 saturated heterocycles. The monoisotopic (exact) mass is 284 g/mol. The Morgan fingerprint density at radius 2 is 1.45 bits per heavy atom. The van der Waals surface area contributed by atoms with Crippen molar-refractivity contribution >= 4 is 16.6 Å². The van der Waals surface area contributed by atoms with Crippen LogP contribution in [0.1, 0.15) is 0 Å². The number of fused-ring (bicyclic) bond motifs is 1. The molecular formula is C20H16N2. The average Bonchev–Trinajstić information content (AvgIpc) is 3.00. The number of nitrogen functional groups attached to an aromatic ring is 1. The van der Waals surface area contributed by atoms with Gasteiger partial charge in [0.1, 0.15) is 0 Å². The molecule has 0 fully saturated rings. The third kappa shape index (κ3) is 2.06. The maximum Gasteiger partial charge on any atom is 0.0534 e. The Kier molecular flexibility index (Phi) is 2.94. The maximum absolute atomic E-state index is 5.79. The van der Waals surface area contributed by atoms with Gasteiger partial charge in [-0.3, -0.25) is 0 Å². The first kappa shape index (κ1) is 12.7. The minimum Gasteiger partial charge on any atom is -0.399 e. The molecule has 0 atom stereocenters. The van der Waals surface area contributed by atoms with Crippen LogP contribution < -0.4 is 5.73 Å². The number of para-hydroxylation sites is 1. The van der Waals surface area contributed by atoms with E-state index in [1.165, 1.54) is 27.7 Å². The summed E-state index contributed by atoms with van der Waals surface area (Å²) in [6, 6.07) is 27.0. The molecule has 1 heterocycles. The lowest BCUT2D eigenvalue weighted by molar-refractivity contribution is 1.13. The smallest absolute Gasteiger partial charge is 0.0534 e. The van der Waals surface area contributed by atoms with Crippen molar-refractivity contribution < 1.29 is 0 Å². The first-order chi connectivity index (χ1) is 10.8. The van der Waals surface area contributed by atoms with E-state index in [0.717, 1.165) is 5.69 Å². The van der Waals surface area contributed by atoms with Gasteiger partial charge in [0, 0.05) is 23.0 Å². The summed E-state index contributed by atoms with van der Waals surface area (Å²) in [6.07, 6.45) is 2.13. The van der Waals surface area contributed by atoms with E-state index in [0.29, 0.717) is 0 Å². The zero-order valence-electron chi connectivity index (χ0n) is 12.1. The van der Waals surface area contributed by atoms with Crippen LogP contribution in [0.4, 0.5) is 5.69 Å². The number of aromatic nitrogens is 1. The Morgan fingerprint density at radius 3 is 2.23 bits per heavy atom. The molecule has 4 rings (SSSR count). The predicted molar refractivity (Wildman–Crippen MR) is 93.1 cm³/mol. The molecule has 3 aromatic carbocycles. The van der Waals surface area contributed by atoms with E-state index in [2.05, 4.69) is 71.4 Å². The highest BCUT2D eigenvalue weighted by atomic mass is 15.0. The van der Waals surface area contributed by atoms with Gasteiger partial charge in [0.2, 0.25) is 0 Å². The van der Waals surface area contributed by atoms with E-state index in [9.17, 15) is 0 Å². The van der Waals surface area contributed by atoms with E-state index >= 15 is 0 Å². The molecule has 2 heteroatoms. The first-order valence-electron chi connectivity index (χ1n) is 7.34. The third-order valence-electron chi connectivity index (χ3n) is 3.99. The minimum atomic E-state index is 0.790. The number of anilines is 1. The molecule has 0 amide bonds. The van der Waals surface area contributed by atoms with E-state index in [1.54, 1.807) is 0 Å². The van der Waals surface area contributed by atoms with E-state index in [1.807, 2.05) is 18.2 Å². The van der Waals surface area contributed by atoms with Crippen molar-refractivity contribution in [2.75, 3.05) is 5.73 Å². The summed E-state index contributed by atoms with van der Waals surface area (Å²) in [5.74, 6) is 0. The van der Waals surface area contributed by atoms with E-state index in [4.69, 9.17) is 5.73 Å². The highest BCUT2D eigenvalue weighted by Crippen LogP contribution is 2.31. The normalized spacial score (nSPS) is 10.9. The fourth-order valence-corrected chi connectivity index (χ4v) is 2.90. The molecule has 2 nitrogen and oxygen atoms in total. The molecule has 0 bridgehead atoms. The highest BCUT2D eigenvalue weighted by molar-refractivity contribution is 5.96. The van der Waals surface area contributed by atoms with Crippen molar-refractivity contribution in [1.82, 2.24) is 4.57 Å². The van der Waals surface area contributed by atoms with Crippen LogP contribution in [0.3, 0.4) is 0 Å². The molecule has 22 heavy (non-hydrogen) atoms. The van der Waals surface area contributed by atoms with Gasteiger partial charge in [-0.2, -0.15) is 0 Å². The summed E-state index contributed by atoms with van der Waals surface area (Å²) < 4.78 is 2.22. The van der Waals surface area contributed by atoms with Gasteiger partial charge in [-0.15, -0.1) is 0 Å². The largest absolute Gasteiger partial charge is 0.399 e. The zero-order chi connectivity index (χ0) is 14.9. The van der Waals surface area contributed by atoms with Crippen LogP contribution >= 0.6 is 0 Å². The Balaban J connectivity index is 1.92. The van der Waals surface area contributed by atoms with Crippen molar-refractivity contribution in [1.29, 1.82) is 0 Å². The standard InChI is InChI=1S/C20H16N2/c21-16-11-9-15(10-12-16)18-7-4-8-20-19(18)13-14-22(20)17-5-2-1-3-6-17/h1-14H,21H2. The van der Waals surface area contributed by atoms with Gasteiger partial charge in [0.05, 0.1) is 5.52 Å². The second-order valence-corrected chi connectivity index (χ2v) is 5.38. The average molecular weight is 284 g/mol. The van der Waals surface area contributed by atoms with Crippen LogP contribution in [0.15, 0.2) is 85.1 Å². The van der Waals surface area contributed by atoms with Crippen molar-refractivity contribution in [3.63, 3.8) is 0 Å². The summed E-state index contributed by atoms with van der Waals surface area (Å²) in [5, 5.41) is 1.25. The van der Waals surface area contributed by atoms with Crippen molar-refractivity contribution in [3.05, 3.63) is 85.1 Å². The Hall–Kier alpha value is -3.00. The predicted octanol–water partition coefficient (Wildman–Crippen LogP) is 4.88. The summed E-state index contributed by atoms with van der Waals surface area (Å²) in [4.78, 5) is 0. The molecule has 4 aromatic rings. The van der Waals surface area contributed by atoms with Gasteiger partial charge < -0.3 is 10.3 Å². The zero-order valence-corrected chi connectivity index (χ0v) is 12.1. The second kappa shape index (κ2) is 5.08. The summed E-state index contributed by atoms with van der Waals surface area (Å²) >= 11 is 0. The van der Waals surface area contributed by atoms with Crippen molar-refractivity contribution in [2.24, 2.45) is 0 Å². The first-order valence-corrected chi connectivity index (χ1v) is 7.34. The van der Waals surface area contributed by atoms with Crippen molar-refractivity contribution in [2.45, 2.75) is 0 Å². The van der Waals surface area contributed by atoms with E-state index < -0.39 is 0 Å². The lowest BCUT2D eigenvalue weighted by Crippen LogP contribution is -1.91. The fraction of sp³-hybridized carbons (Fsp3) is 0. The number of nitrogens with zero attached hydrogens (tertiary/aromatic N) is 1. The van der Waals surface area contributed by atoms with Gasteiger partial charge in [-0.05, 0) is 47.5 Å². The molecular weight excluding hydrogens is 268 g/mol. The Bertz CT molecular complexity index is 919. The maximum atomic E-state index is 5.79. The molecule has 106 valence electrons. The van der Waals surface area contributed by atoms with Gasteiger partial charge in [-0.25, -0.2) is 0 Å². The van der Waals surface area contributed by atoms with Crippen LogP contribution in [-0.4, -0.2) is 4.57 Å². The SMILES string of the molecule is Nc1ccc(-c2cccc3c2ccn3-c2ccccc2)cc1. The molecule has 0 aliphatic carbocycles. The van der Waals surface area contributed by atoms with Crippen LogP contribution in [0.5, 0.6) is 0 Å². The van der Waals surface area contributed by atoms with Crippen LogP contribution in [0.25, 0.3) is 27.7 Å². The molecule has 0 saturated carbocycles. The summed E-state index contributed by atoms with van der Waals surface area (Å²) in [6.45, 7) is 0. The number of rotatable bonds is 2. The van der Waals surface area contributed by atoms with Gasteiger partial charge >= 0.3 is 0 Å². The van der Waals surface area contributed by atoms with Gasteiger partial charge in [0.15, 0.2) is 0 Å². The molecule has 0 aliphatic heterocycles. The quantitative estimate of drug-likeness (QED) is 0.522. The van der Waals surface area contributed by atoms with Crippen molar-refractivity contribution in [3.8, 4) is 16.8 Å². The van der Waals surface area contributed by atoms with Gasteiger partial charge in [0.25, 0.3) is 0 Å². The Labute approximate surface area is 129 Å². The number of hydrogen-bond acceptors (Lipinski definition) is 1. The highest BCUT2D eigenvalue weighted by Gasteiger charge is 2.08. The molecule has 0 radical (unpaired) electrons. The fourth-order valence-electron chi connectivity index (χ4n) is 2.90. The Morgan fingerprint density at radius 1 is 0.682 bits per heavy atom. The summed E-state index contributed by atoms with van der Waals surface area (Å²) in [7, 11) is 0. The molecule has 2 N–H and O–H groups in total. The van der Waals surface area contributed by atoms with Gasteiger partial charge in [-0.1, -0.05) is 42.5 Å². The molecule has 1 aromatic heterocycles. The second-order valence-electron chi connectivity index (χ2n) is 5.38. The van der Waals surface area contributed by atoms with Crippen LogP contribution in [-0.2, 0) is 0 Å². The number of hydrogen-bond donors (Lipinski definition) is 1. The minimum absolute atomic E-state index is 0.790. The topological polar surface area (TPSA) is 30.9 Å². The summed E-state index contributed by atoms with van der Waals surface area (Å²) in [5.41, 5.74) is 11.4. The number of benzene rings is 3. The molecule has 0 unspecified atom stereocenters. The molecule has 0 aliphatic rings. The lowest BCUT2D eigenvalue weighted by atomic mass is 10.0. The number of nitrogens with two attached hydrogens (primary N) is 1. The third-order valence-corrected chi connectivity index (χ3v) is 3.99. The van der Waals surface area contributed by atoms with Crippen LogP contribution in [0.2, 0.25) is 0 Å².